The SMILES string of the molecule is CC(C)(CCNC(=O)OCC1c2ccccc2-c2ccccc21)CCC(=O)NCCC(O)C(=O)O. The molecule has 0 aliphatic heterocycles. The number of amides is 2. The van der Waals surface area contributed by atoms with Gasteiger partial charge in [-0.25, -0.2) is 9.59 Å². The molecule has 3 rings (SSSR count). The molecule has 35 heavy (non-hydrogen) atoms. The fourth-order valence-electron chi connectivity index (χ4n) is 4.29. The van der Waals surface area contributed by atoms with E-state index in [2.05, 4.69) is 34.9 Å². The summed E-state index contributed by atoms with van der Waals surface area (Å²) < 4.78 is 5.56. The van der Waals surface area contributed by atoms with Crippen molar-refractivity contribution in [2.45, 2.75) is 51.6 Å². The van der Waals surface area contributed by atoms with Gasteiger partial charge >= 0.3 is 12.1 Å². The van der Waals surface area contributed by atoms with Gasteiger partial charge in [0.25, 0.3) is 0 Å². The molecule has 0 radical (unpaired) electrons. The van der Waals surface area contributed by atoms with Crippen molar-refractivity contribution in [3.05, 3.63) is 59.7 Å². The van der Waals surface area contributed by atoms with Crippen LogP contribution in [0.1, 0.15) is 56.6 Å². The van der Waals surface area contributed by atoms with Gasteiger partial charge in [-0.2, -0.15) is 0 Å². The molecule has 0 saturated heterocycles. The van der Waals surface area contributed by atoms with E-state index >= 15 is 0 Å². The fourth-order valence-corrected chi connectivity index (χ4v) is 4.29. The van der Waals surface area contributed by atoms with E-state index < -0.39 is 18.2 Å². The topological polar surface area (TPSA) is 125 Å². The summed E-state index contributed by atoms with van der Waals surface area (Å²) in [6.45, 7) is 4.84. The third kappa shape index (κ3) is 7.29. The van der Waals surface area contributed by atoms with Crippen molar-refractivity contribution < 1.29 is 29.3 Å². The lowest BCUT2D eigenvalue weighted by molar-refractivity contribution is -0.147. The van der Waals surface area contributed by atoms with Crippen molar-refractivity contribution in [2.24, 2.45) is 5.41 Å². The predicted molar refractivity (Wildman–Crippen MR) is 132 cm³/mol. The Morgan fingerprint density at radius 1 is 0.943 bits per heavy atom. The van der Waals surface area contributed by atoms with E-state index in [1.54, 1.807) is 0 Å². The molecule has 2 aromatic carbocycles. The first kappa shape index (κ1) is 26.2. The van der Waals surface area contributed by atoms with Crippen LogP contribution in [-0.4, -0.2) is 54.0 Å². The van der Waals surface area contributed by atoms with Crippen molar-refractivity contribution in [1.82, 2.24) is 10.6 Å². The van der Waals surface area contributed by atoms with Crippen LogP contribution in [-0.2, 0) is 14.3 Å². The molecule has 0 heterocycles. The molecule has 8 heteroatoms. The summed E-state index contributed by atoms with van der Waals surface area (Å²) in [6.07, 6.45) is -0.419. The van der Waals surface area contributed by atoms with Crippen LogP contribution in [0.5, 0.6) is 0 Å². The number of rotatable bonds is 12. The highest BCUT2D eigenvalue weighted by molar-refractivity contribution is 5.79. The number of hydrogen-bond donors (Lipinski definition) is 4. The first-order chi connectivity index (χ1) is 16.7. The van der Waals surface area contributed by atoms with Gasteiger partial charge in [0.2, 0.25) is 5.91 Å². The Hall–Kier alpha value is -3.39. The summed E-state index contributed by atoms with van der Waals surface area (Å²) >= 11 is 0. The van der Waals surface area contributed by atoms with Crippen molar-refractivity contribution in [3.63, 3.8) is 0 Å². The molecule has 0 fully saturated rings. The van der Waals surface area contributed by atoms with Crippen molar-refractivity contribution in [3.8, 4) is 11.1 Å². The second-order valence-electron chi connectivity index (χ2n) is 9.66. The highest BCUT2D eigenvalue weighted by atomic mass is 16.5. The van der Waals surface area contributed by atoms with Crippen LogP contribution in [0.2, 0.25) is 0 Å². The van der Waals surface area contributed by atoms with E-state index in [1.807, 2.05) is 38.1 Å². The van der Waals surface area contributed by atoms with Crippen LogP contribution >= 0.6 is 0 Å². The molecule has 2 amide bonds. The molecule has 1 aliphatic rings. The number of aliphatic hydroxyl groups excluding tert-OH is 1. The number of nitrogens with one attached hydrogen (secondary N) is 2. The number of aliphatic hydroxyl groups is 1. The molecule has 0 spiro atoms. The molecule has 1 atom stereocenters. The molecular weight excluding hydrogens is 448 g/mol. The smallest absolute Gasteiger partial charge is 0.407 e. The monoisotopic (exact) mass is 482 g/mol. The maximum Gasteiger partial charge on any atom is 0.407 e. The van der Waals surface area contributed by atoms with Gasteiger partial charge in [0, 0.05) is 31.8 Å². The summed E-state index contributed by atoms with van der Waals surface area (Å²) in [4.78, 5) is 34.9. The maximum atomic E-state index is 12.3. The Balaban J connectivity index is 1.37. The molecule has 0 bridgehead atoms. The largest absolute Gasteiger partial charge is 0.479 e. The molecular formula is C27H34N2O6. The first-order valence-corrected chi connectivity index (χ1v) is 11.9. The number of benzene rings is 2. The van der Waals surface area contributed by atoms with Gasteiger partial charge in [-0.15, -0.1) is 0 Å². The van der Waals surface area contributed by atoms with Gasteiger partial charge in [-0.05, 0) is 40.5 Å². The number of carbonyl (C=O) groups is 3. The van der Waals surface area contributed by atoms with Gasteiger partial charge in [0.15, 0.2) is 6.10 Å². The van der Waals surface area contributed by atoms with E-state index in [1.165, 1.54) is 22.3 Å². The second-order valence-corrected chi connectivity index (χ2v) is 9.66. The lowest BCUT2D eigenvalue weighted by Gasteiger charge is -2.24. The van der Waals surface area contributed by atoms with E-state index in [4.69, 9.17) is 9.84 Å². The number of fused-ring (bicyclic) bond motifs is 3. The van der Waals surface area contributed by atoms with Crippen LogP contribution < -0.4 is 10.6 Å². The minimum Gasteiger partial charge on any atom is -0.479 e. The highest BCUT2D eigenvalue weighted by Gasteiger charge is 2.29. The zero-order chi connectivity index (χ0) is 25.4. The molecule has 1 aliphatic carbocycles. The Morgan fingerprint density at radius 2 is 1.54 bits per heavy atom. The number of carbonyl (C=O) groups excluding carboxylic acids is 2. The van der Waals surface area contributed by atoms with Crippen LogP contribution in [0, 0.1) is 5.41 Å². The fraction of sp³-hybridized carbons (Fsp3) is 0.444. The van der Waals surface area contributed by atoms with Crippen molar-refractivity contribution in [1.29, 1.82) is 0 Å². The zero-order valence-electron chi connectivity index (χ0n) is 20.3. The minimum atomic E-state index is -1.48. The maximum absolute atomic E-state index is 12.3. The quantitative estimate of drug-likeness (QED) is 0.366. The number of alkyl carbamates (subject to hydrolysis) is 1. The van der Waals surface area contributed by atoms with Crippen LogP contribution in [0.15, 0.2) is 48.5 Å². The lowest BCUT2D eigenvalue weighted by atomic mass is 9.84. The van der Waals surface area contributed by atoms with Gasteiger partial charge in [0.05, 0.1) is 0 Å². The molecule has 0 saturated carbocycles. The number of carboxylic acid groups (broad SMARTS) is 1. The minimum absolute atomic E-state index is 0.0136. The van der Waals surface area contributed by atoms with Gasteiger partial charge < -0.3 is 25.6 Å². The Morgan fingerprint density at radius 3 is 2.14 bits per heavy atom. The van der Waals surface area contributed by atoms with E-state index in [-0.39, 0.29) is 43.2 Å². The van der Waals surface area contributed by atoms with E-state index in [9.17, 15) is 19.5 Å². The van der Waals surface area contributed by atoms with Gasteiger partial charge in [-0.3, -0.25) is 4.79 Å². The molecule has 188 valence electrons. The molecule has 8 nitrogen and oxygen atoms in total. The van der Waals surface area contributed by atoms with Gasteiger partial charge in [-0.1, -0.05) is 62.4 Å². The molecule has 4 N–H and O–H groups in total. The average Bonchev–Trinajstić information content (AvgIpc) is 3.15. The van der Waals surface area contributed by atoms with Crippen molar-refractivity contribution >= 4 is 18.0 Å². The van der Waals surface area contributed by atoms with Gasteiger partial charge in [0.1, 0.15) is 6.61 Å². The van der Waals surface area contributed by atoms with Crippen LogP contribution in [0.4, 0.5) is 4.79 Å². The summed E-state index contributed by atoms with van der Waals surface area (Å²) in [6, 6.07) is 16.4. The molecule has 2 aromatic rings. The Labute approximate surface area is 205 Å². The second kappa shape index (κ2) is 11.8. The Kier molecular flexibility index (Phi) is 8.87. The molecule has 1 unspecified atom stereocenters. The third-order valence-electron chi connectivity index (χ3n) is 6.47. The summed E-state index contributed by atoms with van der Waals surface area (Å²) in [5.74, 6) is -1.48. The number of carboxylic acids is 1. The standard InChI is InChI=1S/C27H34N2O6/c1-27(2,13-11-24(31)28-15-12-23(30)25(32)33)14-16-29-26(34)35-17-22-20-9-5-3-7-18(20)19-8-4-6-10-21(19)22/h3-10,22-23,30H,11-17H2,1-2H3,(H,28,31)(H,29,34)(H,32,33). The lowest BCUT2D eigenvalue weighted by Crippen LogP contribution is -2.32. The van der Waals surface area contributed by atoms with Crippen molar-refractivity contribution in [2.75, 3.05) is 19.7 Å². The number of hydrogen-bond acceptors (Lipinski definition) is 5. The van der Waals surface area contributed by atoms with Crippen LogP contribution in [0.25, 0.3) is 11.1 Å². The first-order valence-electron chi connectivity index (χ1n) is 11.9. The summed E-state index contributed by atoms with van der Waals surface area (Å²) in [5.41, 5.74) is 4.51. The molecule has 0 aromatic heterocycles. The normalized spacial score (nSPS) is 13.5. The summed E-state index contributed by atoms with van der Waals surface area (Å²) in [5, 5.41) is 23.3. The average molecular weight is 483 g/mol. The third-order valence-corrected chi connectivity index (χ3v) is 6.47. The van der Waals surface area contributed by atoms with E-state index in [0.29, 0.717) is 19.4 Å². The highest BCUT2D eigenvalue weighted by Crippen LogP contribution is 2.44. The Bertz CT molecular complexity index is 1010. The zero-order valence-corrected chi connectivity index (χ0v) is 20.3. The predicted octanol–water partition coefficient (Wildman–Crippen LogP) is 3.67. The summed E-state index contributed by atoms with van der Waals surface area (Å²) in [7, 11) is 0. The van der Waals surface area contributed by atoms with E-state index in [0.717, 1.165) is 0 Å². The number of aliphatic carboxylic acids is 1. The van der Waals surface area contributed by atoms with Crippen LogP contribution in [0.3, 0.4) is 0 Å². The number of ether oxygens (including phenoxy) is 1.